The molecule has 4 atom stereocenters. The Hall–Kier alpha value is -1.67. The number of hydrogen-bond acceptors (Lipinski definition) is 6. The van der Waals surface area contributed by atoms with Crippen molar-refractivity contribution in [2.45, 2.75) is 81.8 Å². The normalized spacial score (nSPS) is 30.7. The van der Waals surface area contributed by atoms with Crippen molar-refractivity contribution in [1.29, 1.82) is 0 Å². The zero-order chi connectivity index (χ0) is 22.8. The fourth-order valence-electron chi connectivity index (χ4n) is 4.76. The molecular formula is C24H38N2O5. The highest BCUT2D eigenvalue weighted by atomic mass is 16.6. The molecule has 1 amide bonds. The molecule has 1 aliphatic carbocycles. The van der Waals surface area contributed by atoms with Gasteiger partial charge in [-0.3, -0.25) is 0 Å². The maximum absolute atomic E-state index is 12.4. The summed E-state index contributed by atoms with van der Waals surface area (Å²) in [7, 11) is 1.61. The smallest absolute Gasteiger partial charge is 0.410 e. The molecule has 7 heteroatoms. The van der Waals surface area contributed by atoms with Gasteiger partial charge in [0.05, 0.1) is 12.2 Å². The molecule has 3 rings (SSSR count). The van der Waals surface area contributed by atoms with E-state index < -0.39 is 35.5 Å². The zero-order valence-electron chi connectivity index (χ0n) is 19.2. The van der Waals surface area contributed by atoms with Crippen LogP contribution in [0, 0.1) is 0 Å². The molecule has 1 heterocycles. The number of carbonyl (C=O) groups excluding carboxylic acids is 1. The van der Waals surface area contributed by atoms with Gasteiger partial charge in [0.15, 0.2) is 0 Å². The Bertz CT molecular complexity index is 715. The minimum Gasteiger partial charge on any atom is -0.444 e. The second kappa shape index (κ2) is 9.45. The highest BCUT2D eigenvalue weighted by Gasteiger charge is 2.50. The summed E-state index contributed by atoms with van der Waals surface area (Å²) >= 11 is 0. The molecule has 7 nitrogen and oxygen atoms in total. The molecule has 1 saturated carbocycles. The number of carbonyl (C=O) groups is 1. The molecule has 1 aliphatic heterocycles. The number of aliphatic hydroxyl groups excluding tert-OH is 2. The molecule has 3 N–H and O–H groups in total. The summed E-state index contributed by atoms with van der Waals surface area (Å²) in [5.74, 6) is 0.500. The third kappa shape index (κ3) is 5.77. The van der Waals surface area contributed by atoms with E-state index in [4.69, 9.17) is 4.74 Å². The van der Waals surface area contributed by atoms with E-state index in [0.29, 0.717) is 5.92 Å². The van der Waals surface area contributed by atoms with Crippen molar-refractivity contribution >= 4 is 6.09 Å². The van der Waals surface area contributed by atoms with Crippen LogP contribution in [-0.2, 0) is 4.74 Å². The Balaban J connectivity index is 1.56. The summed E-state index contributed by atoms with van der Waals surface area (Å²) in [6.07, 6.45) is -0.388. The summed E-state index contributed by atoms with van der Waals surface area (Å²) in [5.41, 5.74) is -0.888. The van der Waals surface area contributed by atoms with Gasteiger partial charge < -0.3 is 29.9 Å². The highest BCUT2D eigenvalue weighted by molar-refractivity contribution is 5.68. The van der Waals surface area contributed by atoms with Gasteiger partial charge in [0, 0.05) is 19.6 Å². The van der Waals surface area contributed by atoms with Crippen molar-refractivity contribution in [3.63, 3.8) is 0 Å². The van der Waals surface area contributed by atoms with Crippen molar-refractivity contribution in [2.24, 2.45) is 0 Å². The van der Waals surface area contributed by atoms with Crippen LogP contribution in [0.2, 0.25) is 0 Å². The number of β-amino-alcohol motifs (C(OH)–C–C–N with tert-alkyl or cyclic N) is 1. The van der Waals surface area contributed by atoms with Crippen molar-refractivity contribution in [2.75, 3.05) is 26.7 Å². The summed E-state index contributed by atoms with van der Waals surface area (Å²) in [5, 5.41) is 32.7. The van der Waals surface area contributed by atoms with E-state index in [1.165, 1.54) is 10.5 Å². The number of nitrogens with zero attached hydrogens (tertiary/aromatic N) is 2. The fourth-order valence-corrected chi connectivity index (χ4v) is 4.76. The SMILES string of the molecule is CN(C(=O)OC(C)(C)C)C1C[C@@H](O)C(O)(CN2CCC(c3ccccc3)CC2)[C@@H](O)C1. The molecule has 2 fully saturated rings. The Morgan fingerprint density at radius 1 is 1.13 bits per heavy atom. The Labute approximate surface area is 185 Å². The van der Waals surface area contributed by atoms with Crippen molar-refractivity contribution < 1.29 is 24.9 Å². The molecule has 0 radical (unpaired) electrons. The molecular weight excluding hydrogens is 396 g/mol. The zero-order valence-corrected chi connectivity index (χ0v) is 19.2. The Morgan fingerprint density at radius 3 is 2.19 bits per heavy atom. The topological polar surface area (TPSA) is 93.5 Å². The predicted octanol–water partition coefficient (Wildman–Crippen LogP) is 2.35. The van der Waals surface area contributed by atoms with E-state index in [2.05, 4.69) is 29.2 Å². The molecule has 2 unspecified atom stereocenters. The minimum absolute atomic E-state index is 0.198. The van der Waals surface area contributed by atoms with Crippen LogP contribution in [0.25, 0.3) is 0 Å². The summed E-state index contributed by atoms with van der Waals surface area (Å²) in [6.45, 7) is 7.22. The number of amides is 1. The lowest BCUT2D eigenvalue weighted by atomic mass is 9.76. The van der Waals surface area contributed by atoms with Crippen LogP contribution in [0.15, 0.2) is 30.3 Å². The maximum Gasteiger partial charge on any atom is 0.410 e. The third-order valence-electron chi connectivity index (χ3n) is 6.71. The number of likely N-dealkylation sites (tertiary alicyclic amines) is 1. The van der Waals surface area contributed by atoms with E-state index in [1.54, 1.807) is 27.8 Å². The number of aliphatic hydroxyl groups is 3. The molecule has 1 saturated heterocycles. The Morgan fingerprint density at radius 2 is 1.68 bits per heavy atom. The van der Waals surface area contributed by atoms with Gasteiger partial charge in [-0.05, 0) is 71.0 Å². The van der Waals surface area contributed by atoms with Crippen molar-refractivity contribution in [3.05, 3.63) is 35.9 Å². The standard InChI is InChI=1S/C24H38N2O5/c1-23(2,3)31-22(29)25(4)19-14-20(27)24(30,21(28)15-19)16-26-12-10-18(11-13-26)17-8-6-5-7-9-17/h5-9,18-21,27-28,30H,10-16H2,1-4H3/t19?,20-,21+,24?. The number of benzene rings is 1. The van der Waals surface area contributed by atoms with Gasteiger partial charge in [-0.25, -0.2) is 4.79 Å². The maximum atomic E-state index is 12.4. The van der Waals surface area contributed by atoms with Gasteiger partial charge >= 0.3 is 6.09 Å². The van der Waals surface area contributed by atoms with Crippen LogP contribution < -0.4 is 0 Å². The van der Waals surface area contributed by atoms with Crippen LogP contribution in [0.1, 0.15) is 57.9 Å². The molecule has 0 spiro atoms. The van der Waals surface area contributed by atoms with Gasteiger partial charge in [0.25, 0.3) is 0 Å². The molecule has 31 heavy (non-hydrogen) atoms. The highest BCUT2D eigenvalue weighted by Crippen LogP contribution is 2.35. The molecule has 2 aliphatic rings. The molecule has 174 valence electrons. The van der Waals surface area contributed by atoms with Crippen LogP contribution in [0.4, 0.5) is 4.79 Å². The summed E-state index contributed by atoms with van der Waals surface area (Å²) in [4.78, 5) is 15.9. The van der Waals surface area contributed by atoms with Gasteiger partial charge in [-0.1, -0.05) is 30.3 Å². The van der Waals surface area contributed by atoms with Crippen LogP contribution in [-0.4, -0.2) is 87.3 Å². The second-order valence-electron chi connectivity index (χ2n) is 10.2. The average Bonchev–Trinajstić information content (AvgIpc) is 2.71. The van der Waals surface area contributed by atoms with Crippen molar-refractivity contribution in [3.8, 4) is 0 Å². The van der Waals surface area contributed by atoms with E-state index >= 15 is 0 Å². The molecule has 1 aromatic carbocycles. The Kier molecular flexibility index (Phi) is 7.31. The van der Waals surface area contributed by atoms with E-state index in [0.717, 1.165) is 25.9 Å². The molecule has 1 aromatic rings. The largest absolute Gasteiger partial charge is 0.444 e. The number of hydrogen-bond donors (Lipinski definition) is 3. The lowest BCUT2D eigenvalue weighted by Crippen LogP contribution is -2.65. The first-order chi connectivity index (χ1) is 14.5. The van der Waals surface area contributed by atoms with Crippen LogP contribution >= 0.6 is 0 Å². The predicted molar refractivity (Wildman–Crippen MR) is 119 cm³/mol. The average molecular weight is 435 g/mol. The van der Waals surface area contributed by atoms with E-state index in [9.17, 15) is 20.1 Å². The van der Waals surface area contributed by atoms with E-state index in [1.807, 2.05) is 6.07 Å². The van der Waals surface area contributed by atoms with Crippen LogP contribution in [0.3, 0.4) is 0 Å². The quantitative estimate of drug-likeness (QED) is 0.674. The second-order valence-corrected chi connectivity index (χ2v) is 10.2. The number of ether oxygens (including phenoxy) is 1. The lowest BCUT2D eigenvalue weighted by molar-refractivity contribution is -0.188. The van der Waals surface area contributed by atoms with Gasteiger partial charge in [-0.2, -0.15) is 0 Å². The molecule has 0 aromatic heterocycles. The third-order valence-corrected chi connectivity index (χ3v) is 6.71. The summed E-state index contributed by atoms with van der Waals surface area (Å²) < 4.78 is 5.40. The monoisotopic (exact) mass is 434 g/mol. The first kappa shape index (κ1) is 24.0. The number of rotatable bonds is 4. The first-order valence-electron chi connectivity index (χ1n) is 11.3. The summed E-state index contributed by atoms with van der Waals surface area (Å²) in [6, 6.07) is 10.1. The van der Waals surface area contributed by atoms with Crippen molar-refractivity contribution in [1.82, 2.24) is 9.80 Å². The first-order valence-corrected chi connectivity index (χ1v) is 11.3. The van der Waals surface area contributed by atoms with Gasteiger partial charge in [-0.15, -0.1) is 0 Å². The number of piperidine rings is 1. The van der Waals surface area contributed by atoms with E-state index in [-0.39, 0.29) is 19.4 Å². The van der Waals surface area contributed by atoms with Gasteiger partial charge in [0.2, 0.25) is 0 Å². The minimum atomic E-state index is -1.61. The fraction of sp³-hybridized carbons (Fsp3) is 0.708. The van der Waals surface area contributed by atoms with Gasteiger partial charge in [0.1, 0.15) is 11.2 Å². The molecule has 0 bridgehead atoms. The lowest BCUT2D eigenvalue weighted by Gasteiger charge is -2.48. The van der Waals surface area contributed by atoms with Crippen LogP contribution in [0.5, 0.6) is 0 Å².